The Morgan fingerprint density at radius 3 is 2.20 bits per heavy atom. The summed E-state index contributed by atoms with van der Waals surface area (Å²) in [7, 11) is -0.443. The monoisotopic (exact) mass is 365 g/mol. The lowest BCUT2D eigenvalue weighted by molar-refractivity contribution is 0.300. The number of nitrogens with zero attached hydrogens (tertiary/aromatic N) is 1. The predicted octanol–water partition coefficient (Wildman–Crippen LogP) is 3.18. The van der Waals surface area contributed by atoms with Crippen LogP contribution in [0.15, 0.2) is 30.3 Å². The number of rotatable bonds is 6. The highest BCUT2D eigenvalue weighted by molar-refractivity contribution is 7.51. The van der Waals surface area contributed by atoms with Crippen LogP contribution < -0.4 is 9.64 Å². The number of anilines is 1. The Kier molecular flexibility index (Phi) is 5.78. The standard InChI is InChI=1S/C18H24NO5P/c1-12-7-15(24-11-25(21,22)23)8-13(2)16(12)9-14-5-6-18(20)17(10-14)19(3)4/h5-8,10,20H,9,11H2,1-4H3,(H2,21,22,23). The van der Waals surface area contributed by atoms with Crippen molar-refractivity contribution in [2.45, 2.75) is 20.3 Å². The lowest BCUT2D eigenvalue weighted by atomic mass is 9.95. The van der Waals surface area contributed by atoms with Crippen molar-refractivity contribution in [3.8, 4) is 11.5 Å². The summed E-state index contributed by atoms with van der Waals surface area (Å²) < 4.78 is 16.1. The third-order valence-corrected chi connectivity index (χ3v) is 4.44. The van der Waals surface area contributed by atoms with E-state index in [4.69, 9.17) is 14.5 Å². The van der Waals surface area contributed by atoms with Crippen molar-refractivity contribution in [2.75, 3.05) is 25.3 Å². The zero-order valence-electron chi connectivity index (χ0n) is 14.9. The molecule has 0 unspecified atom stereocenters. The third-order valence-electron chi connectivity index (χ3n) is 3.97. The van der Waals surface area contributed by atoms with E-state index in [-0.39, 0.29) is 5.75 Å². The summed E-state index contributed by atoms with van der Waals surface area (Å²) in [5.74, 6) is 0.685. The summed E-state index contributed by atoms with van der Waals surface area (Å²) in [6, 6.07) is 9.09. The van der Waals surface area contributed by atoms with E-state index < -0.39 is 13.9 Å². The molecule has 7 heteroatoms. The van der Waals surface area contributed by atoms with Crippen molar-refractivity contribution in [1.82, 2.24) is 0 Å². The molecule has 2 aromatic carbocycles. The van der Waals surface area contributed by atoms with Crippen LogP contribution in [0.25, 0.3) is 0 Å². The summed E-state index contributed by atoms with van der Waals surface area (Å²) in [6.07, 6.45) is 0.0624. The molecule has 2 aromatic rings. The van der Waals surface area contributed by atoms with Crippen LogP contribution in [0.1, 0.15) is 22.3 Å². The van der Waals surface area contributed by atoms with Crippen LogP contribution in [-0.2, 0) is 11.0 Å². The van der Waals surface area contributed by atoms with Gasteiger partial charge >= 0.3 is 7.60 Å². The summed E-state index contributed by atoms with van der Waals surface area (Å²) in [5, 5.41) is 9.92. The summed E-state index contributed by atoms with van der Waals surface area (Å²) in [5.41, 5.74) is 4.92. The average Bonchev–Trinajstić information content (AvgIpc) is 2.49. The summed E-state index contributed by atoms with van der Waals surface area (Å²) in [4.78, 5) is 19.7. The molecule has 2 rings (SSSR count). The fourth-order valence-electron chi connectivity index (χ4n) is 2.72. The van der Waals surface area contributed by atoms with E-state index in [0.29, 0.717) is 12.2 Å². The van der Waals surface area contributed by atoms with Gasteiger partial charge in [-0.3, -0.25) is 4.57 Å². The molecule has 0 saturated heterocycles. The normalized spacial score (nSPS) is 11.4. The maximum Gasteiger partial charge on any atom is 0.362 e. The average molecular weight is 365 g/mol. The summed E-state index contributed by atoms with van der Waals surface area (Å²) >= 11 is 0. The molecule has 0 amide bonds. The van der Waals surface area contributed by atoms with Crippen LogP contribution in [0.4, 0.5) is 5.69 Å². The van der Waals surface area contributed by atoms with Crippen LogP contribution >= 0.6 is 7.60 Å². The van der Waals surface area contributed by atoms with Gasteiger partial charge in [0.2, 0.25) is 0 Å². The Balaban J connectivity index is 2.26. The number of hydrogen-bond donors (Lipinski definition) is 3. The molecule has 136 valence electrons. The quantitative estimate of drug-likeness (QED) is 0.681. The van der Waals surface area contributed by atoms with E-state index in [0.717, 1.165) is 27.9 Å². The Hall–Kier alpha value is -2.01. The van der Waals surface area contributed by atoms with Crippen LogP contribution in [0, 0.1) is 13.8 Å². The van der Waals surface area contributed by atoms with E-state index >= 15 is 0 Å². The number of phenolic OH excluding ortho intramolecular Hbond substituents is 1. The second kappa shape index (κ2) is 7.48. The van der Waals surface area contributed by atoms with Gasteiger partial charge in [0.05, 0.1) is 5.69 Å². The number of hydrogen-bond acceptors (Lipinski definition) is 4. The van der Waals surface area contributed by atoms with Crippen LogP contribution in [-0.4, -0.2) is 35.3 Å². The minimum absolute atomic E-state index is 0.239. The van der Waals surface area contributed by atoms with Crippen molar-refractivity contribution in [3.05, 3.63) is 52.6 Å². The van der Waals surface area contributed by atoms with Crippen LogP contribution in [0.5, 0.6) is 11.5 Å². The first-order valence-corrected chi connectivity index (χ1v) is 9.63. The molecule has 0 heterocycles. The molecular weight excluding hydrogens is 341 g/mol. The van der Waals surface area contributed by atoms with E-state index in [2.05, 4.69) is 0 Å². The van der Waals surface area contributed by atoms with Crippen molar-refractivity contribution in [3.63, 3.8) is 0 Å². The topological polar surface area (TPSA) is 90.2 Å². The molecule has 0 saturated carbocycles. The molecule has 0 spiro atoms. The van der Waals surface area contributed by atoms with Crippen LogP contribution in [0.3, 0.4) is 0 Å². The molecule has 0 fully saturated rings. The van der Waals surface area contributed by atoms with Crippen LogP contribution in [0.2, 0.25) is 0 Å². The number of ether oxygens (including phenoxy) is 1. The van der Waals surface area contributed by atoms with Gasteiger partial charge in [0, 0.05) is 14.1 Å². The molecule has 0 atom stereocenters. The lowest BCUT2D eigenvalue weighted by Crippen LogP contribution is -2.09. The molecule has 0 bridgehead atoms. The summed E-state index contributed by atoms with van der Waals surface area (Å²) in [6.45, 7) is 3.89. The lowest BCUT2D eigenvalue weighted by Gasteiger charge is -2.17. The number of benzene rings is 2. The molecule has 6 nitrogen and oxygen atoms in total. The predicted molar refractivity (Wildman–Crippen MR) is 98.7 cm³/mol. The number of aromatic hydroxyl groups is 1. The molecule has 3 N–H and O–H groups in total. The minimum atomic E-state index is -4.20. The number of phenols is 1. The zero-order valence-corrected chi connectivity index (χ0v) is 15.7. The SMILES string of the molecule is Cc1cc(OCP(=O)(O)O)cc(C)c1Cc1ccc(O)c(N(C)C)c1. The highest BCUT2D eigenvalue weighted by atomic mass is 31.2. The molecule has 0 aliphatic rings. The fourth-order valence-corrected chi connectivity index (χ4v) is 3.03. The van der Waals surface area contributed by atoms with Crippen molar-refractivity contribution in [2.24, 2.45) is 0 Å². The van der Waals surface area contributed by atoms with Crippen molar-refractivity contribution in [1.29, 1.82) is 0 Å². The van der Waals surface area contributed by atoms with Gasteiger partial charge in [-0.05, 0) is 66.8 Å². The number of aryl methyl sites for hydroxylation is 2. The maximum atomic E-state index is 10.9. The Labute approximate surface area is 147 Å². The Morgan fingerprint density at radius 2 is 1.68 bits per heavy atom. The highest BCUT2D eigenvalue weighted by Crippen LogP contribution is 2.35. The van der Waals surface area contributed by atoms with E-state index in [9.17, 15) is 9.67 Å². The van der Waals surface area contributed by atoms with Gasteiger partial charge in [-0.15, -0.1) is 0 Å². The first-order valence-electron chi connectivity index (χ1n) is 7.83. The van der Waals surface area contributed by atoms with E-state index in [1.807, 2.05) is 45.0 Å². The fraction of sp³-hybridized carbons (Fsp3) is 0.333. The van der Waals surface area contributed by atoms with Crippen molar-refractivity contribution < 1.29 is 24.2 Å². The Bertz CT molecular complexity index is 790. The highest BCUT2D eigenvalue weighted by Gasteiger charge is 2.15. The van der Waals surface area contributed by atoms with Gasteiger partial charge in [-0.2, -0.15) is 0 Å². The molecule has 0 aliphatic heterocycles. The van der Waals surface area contributed by atoms with E-state index in [1.165, 1.54) is 0 Å². The third kappa shape index (κ3) is 5.23. The molecule has 0 aliphatic carbocycles. The van der Waals surface area contributed by atoms with Gasteiger partial charge in [-0.1, -0.05) is 6.07 Å². The minimum Gasteiger partial charge on any atom is -0.506 e. The Morgan fingerprint density at radius 1 is 1.08 bits per heavy atom. The molecular formula is C18H24NO5P. The van der Waals surface area contributed by atoms with Gasteiger partial charge in [0.15, 0.2) is 6.35 Å². The molecule has 0 aromatic heterocycles. The largest absolute Gasteiger partial charge is 0.506 e. The van der Waals surface area contributed by atoms with Crippen molar-refractivity contribution >= 4 is 13.3 Å². The van der Waals surface area contributed by atoms with Gasteiger partial charge < -0.3 is 24.5 Å². The van der Waals surface area contributed by atoms with Gasteiger partial charge in [-0.25, -0.2) is 0 Å². The molecule has 0 radical (unpaired) electrons. The maximum absolute atomic E-state index is 10.9. The second-order valence-corrected chi connectivity index (χ2v) is 7.96. The smallest absolute Gasteiger partial charge is 0.362 e. The first kappa shape index (κ1) is 19.3. The van der Waals surface area contributed by atoms with Gasteiger partial charge in [0.25, 0.3) is 0 Å². The first-order chi connectivity index (χ1) is 11.6. The zero-order chi connectivity index (χ0) is 18.8. The van der Waals surface area contributed by atoms with Gasteiger partial charge in [0.1, 0.15) is 11.5 Å². The second-order valence-electron chi connectivity index (χ2n) is 6.37. The molecule has 25 heavy (non-hydrogen) atoms. The van der Waals surface area contributed by atoms with E-state index in [1.54, 1.807) is 18.2 Å².